The van der Waals surface area contributed by atoms with Crippen LogP contribution in [-0.2, 0) is 17.7 Å². The van der Waals surface area contributed by atoms with Crippen LogP contribution in [0.4, 0.5) is 5.69 Å². The lowest BCUT2D eigenvalue weighted by molar-refractivity contribution is 0.0599. The van der Waals surface area contributed by atoms with Crippen LogP contribution in [-0.4, -0.2) is 28.5 Å². The van der Waals surface area contributed by atoms with Crippen LogP contribution < -0.4 is 10.9 Å². The molecule has 29 heavy (non-hydrogen) atoms. The van der Waals surface area contributed by atoms with E-state index >= 15 is 0 Å². The fourth-order valence-corrected chi connectivity index (χ4v) is 4.82. The van der Waals surface area contributed by atoms with Crippen molar-refractivity contribution in [3.63, 3.8) is 0 Å². The number of rotatable bonds is 3. The number of nitrogens with zero attached hydrogens (tertiary/aromatic N) is 2. The molecule has 0 aliphatic carbocycles. The molecule has 1 N–H and O–H groups in total. The van der Waals surface area contributed by atoms with E-state index < -0.39 is 5.97 Å². The lowest BCUT2D eigenvalue weighted by Gasteiger charge is -2.11. The summed E-state index contributed by atoms with van der Waals surface area (Å²) in [6, 6.07) is 3.42. The molecule has 0 spiro atoms. The van der Waals surface area contributed by atoms with E-state index in [4.69, 9.17) is 4.74 Å². The number of hydrogen-bond acceptors (Lipinski definition) is 6. The highest BCUT2D eigenvalue weighted by Crippen LogP contribution is 2.30. The number of esters is 1. The zero-order valence-electron chi connectivity index (χ0n) is 16.7. The van der Waals surface area contributed by atoms with E-state index in [9.17, 15) is 14.4 Å². The number of carbonyl (C=O) groups excluding carboxylic acids is 2. The summed E-state index contributed by atoms with van der Waals surface area (Å²) in [5.74, 6) is 0.00759. The van der Waals surface area contributed by atoms with Crippen molar-refractivity contribution in [2.45, 2.75) is 40.2 Å². The minimum absolute atomic E-state index is 0.0746. The maximum atomic E-state index is 13.0. The Morgan fingerprint density at radius 1 is 1.21 bits per heavy atom. The van der Waals surface area contributed by atoms with E-state index in [1.807, 2.05) is 19.9 Å². The van der Waals surface area contributed by atoms with Crippen LogP contribution in [0.1, 0.15) is 49.0 Å². The number of nitrogens with one attached hydrogen (secondary N) is 1. The fraction of sp³-hybridized carbons (Fsp3) is 0.333. The molecule has 0 fully saturated rings. The Labute approximate surface area is 171 Å². The highest BCUT2D eigenvalue weighted by atomic mass is 32.1. The number of amides is 1. The molecular weight excluding hydrogens is 390 g/mol. The second-order valence-electron chi connectivity index (χ2n) is 7.24. The highest BCUT2D eigenvalue weighted by Gasteiger charge is 2.23. The Morgan fingerprint density at radius 2 is 1.97 bits per heavy atom. The Kier molecular flexibility index (Phi) is 4.74. The Hall–Kier alpha value is -3.00. The van der Waals surface area contributed by atoms with Gasteiger partial charge in [-0.25, -0.2) is 9.78 Å². The quantitative estimate of drug-likeness (QED) is 0.668. The zero-order valence-corrected chi connectivity index (χ0v) is 17.5. The van der Waals surface area contributed by atoms with Gasteiger partial charge in [0.15, 0.2) is 0 Å². The summed E-state index contributed by atoms with van der Waals surface area (Å²) in [6.45, 7) is 6.15. The summed E-state index contributed by atoms with van der Waals surface area (Å²) in [7, 11) is 1.33. The summed E-state index contributed by atoms with van der Waals surface area (Å²) >= 11 is 1.23. The molecule has 150 valence electrons. The minimum Gasteiger partial charge on any atom is -0.465 e. The molecule has 0 unspecified atom stereocenters. The molecule has 0 saturated carbocycles. The minimum atomic E-state index is -0.452. The van der Waals surface area contributed by atoms with Crippen LogP contribution in [0.15, 0.2) is 16.9 Å². The van der Waals surface area contributed by atoms with Crippen molar-refractivity contribution < 1.29 is 14.3 Å². The number of aryl methyl sites for hydroxylation is 3. The molecule has 0 saturated heterocycles. The third-order valence-corrected chi connectivity index (χ3v) is 6.63. The first-order valence-electron chi connectivity index (χ1n) is 9.35. The lowest BCUT2D eigenvalue weighted by atomic mass is 10.0. The van der Waals surface area contributed by atoms with Crippen molar-refractivity contribution in [2.24, 2.45) is 0 Å². The molecule has 1 aliphatic heterocycles. The molecule has 3 heterocycles. The van der Waals surface area contributed by atoms with Crippen molar-refractivity contribution in [3.8, 4) is 0 Å². The van der Waals surface area contributed by atoms with Crippen LogP contribution in [0.25, 0.3) is 10.2 Å². The van der Waals surface area contributed by atoms with Gasteiger partial charge in [0.25, 0.3) is 11.5 Å². The topological polar surface area (TPSA) is 90.3 Å². The van der Waals surface area contributed by atoms with Gasteiger partial charge in [-0.3, -0.25) is 14.2 Å². The second kappa shape index (κ2) is 7.11. The van der Waals surface area contributed by atoms with E-state index in [1.165, 1.54) is 18.4 Å². The normalized spacial score (nSPS) is 12.8. The Morgan fingerprint density at radius 3 is 2.69 bits per heavy atom. The van der Waals surface area contributed by atoms with E-state index in [1.54, 1.807) is 17.6 Å². The van der Waals surface area contributed by atoms with E-state index in [0.717, 1.165) is 29.8 Å². The highest BCUT2D eigenvalue weighted by molar-refractivity contribution is 7.20. The fourth-order valence-electron chi connectivity index (χ4n) is 3.73. The predicted molar refractivity (Wildman–Crippen MR) is 112 cm³/mol. The van der Waals surface area contributed by atoms with E-state index in [-0.39, 0.29) is 11.5 Å². The van der Waals surface area contributed by atoms with Crippen LogP contribution in [0.3, 0.4) is 0 Å². The lowest BCUT2D eigenvalue weighted by Crippen LogP contribution is -2.20. The molecule has 0 radical (unpaired) electrons. The summed E-state index contributed by atoms with van der Waals surface area (Å²) < 4.78 is 6.54. The number of thiophene rings is 1. The van der Waals surface area contributed by atoms with Crippen molar-refractivity contribution in [3.05, 3.63) is 55.4 Å². The van der Waals surface area contributed by atoms with Gasteiger partial charge in [-0.05, 0) is 56.0 Å². The number of benzene rings is 1. The molecule has 3 aromatic rings. The number of ether oxygens (including phenoxy) is 1. The van der Waals surface area contributed by atoms with Gasteiger partial charge in [0.2, 0.25) is 0 Å². The molecule has 1 aromatic carbocycles. The molecule has 4 rings (SSSR count). The summed E-state index contributed by atoms with van der Waals surface area (Å²) in [5, 5.41) is 3.37. The number of aromatic nitrogens is 2. The molecule has 8 heteroatoms. The molecule has 0 bridgehead atoms. The maximum absolute atomic E-state index is 13.0. The Balaban J connectivity index is 1.73. The van der Waals surface area contributed by atoms with Gasteiger partial charge in [-0.1, -0.05) is 0 Å². The molecule has 2 aromatic heterocycles. The number of fused-ring (bicyclic) bond motifs is 2. The first-order valence-corrected chi connectivity index (χ1v) is 10.2. The molecular formula is C21H21N3O4S. The molecule has 1 aliphatic rings. The van der Waals surface area contributed by atoms with Gasteiger partial charge in [0, 0.05) is 18.7 Å². The van der Waals surface area contributed by atoms with Gasteiger partial charge in [0.05, 0.1) is 22.9 Å². The smallest absolute Gasteiger partial charge is 0.338 e. The van der Waals surface area contributed by atoms with Crippen molar-refractivity contribution in [1.82, 2.24) is 9.55 Å². The average molecular weight is 411 g/mol. The van der Waals surface area contributed by atoms with E-state index in [0.29, 0.717) is 38.5 Å². The van der Waals surface area contributed by atoms with Gasteiger partial charge in [-0.15, -0.1) is 11.3 Å². The van der Waals surface area contributed by atoms with Crippen LogP contribution in [0.5, 0.6) is 0 Å². The SMILES string of the molecule is COC(=O)c1cc(NC(=O)c2sc3nc4n(c(=O)c3c2C)CCC4)cc(C)c1C. The molecule has 7 nitrogen and oxygen atoms in total. The summed E-state index contributed by atoms with van der Waals surface area (Å²) in [6.07, 6.45) is 1.70. The Bertz CT molecular complexity index is 1240. The largest absolute Gasteiger partial charge is 0.465 e. The third kappa shape index (κ3) is 3.13. The second-order valence-corrected chi connectivity index (χ2v) is 8.24. The van der Waals surface area contributed by atoms with Crippen LogP contribution >= 0.6 is 11.3 Å². The van der Waals surface area contributed by atoms with Crippen molar-refractivity contribution >= 4 is 39.1 Å². The standard InChI is InChI=1S/C21H21N3O4S/c1-10-8-13(9-14(11(10)2)21(27)28-4)22-18(25)17-12(3)16-19(29-17)23-15-6-5-7-24(15)20(16)26/h8-9H,5-7H2,1-4H3,(H,22,25). The first-order chi connectivity index (χ1) is 13.8. The first kappa shape index (κ1) is 19.3. The third-order valence-electron chi connectivity index (χ3n) is 5.45. The van der Waals surface area contributed by atoms with Gasteiger partial charge < -0.3 is 10.1 Å². The zero-order chi connectivity index (χ0) is 20.9. The van der Waals surface area contributed by atoms with Gasteiger partial charge in [-0.2, -0.15) is 0 Å². The molecule has 0 atom stereocenters. The number of methoxy groups -OCH3 is 1. The average Bonchev–Trinajstić information content (AvgIpc) is 3.29. The van der Waals surface area contributed by atoms with Crippen molar-refractivity contribution in [2.75, 3.05) is 12.4 Å². The molecule has 1 amide bonds. The number of hydrogen-bond donors (Lipinski definition) is 1. The van der Waals surface area contributed by atoms with Gasteiger partial charge in [0.1, 0.15) is 10.7 Å². The van der Waals surface area contributed by atoms with Crippen LogP contribution in [0.2, 0.25) is 0 Å². The maximum Gasteiger partial charge on any atom is 0.338 e. The summed E-state index contributed by atoms with van der Waals surface area (Å²) in [4.78, 5) is 43.5. The monoisotopic (exact) mass is 411 g/mol. The number of anilines is 1. The van der Waals surface area contributed by atoms with Crippen LogP contribution in [0, 0.1) is 20.8 Å². The van der Waals surface area contributed by atoms with Gasteiger partial charge >= 0.3 is 5.97 Å². The van der Waals surface area contributed by atoms with Crippen molar-refractivity contribution in [1.29, 1.82) is 0 Å². The predicted octanol–water partition coefficient (Wildman–Crippen LogP) is 3.37. The summed E-state index contributed by atoms with van der Waals surface area (Å²) in [5.41, 5.74) is 3.15. The van der Waals surface area contributed by atoms with E-state index in [2.05, 4.69) is 10.3 Å². The number of carbonyl (C=O) groups is 2.